The van der Waals surface area contributed by atoms with Gasteiger partial charge in [-0.05, 0) is 19.1 Å². The molecule has 4 nitrogen and oxygen atoms in total. The molecule has 1 atom stereocenters. The molecule has 6 heteroatoms. The number of halogens is 1. The van der Waals surface area contributed by atoms with Crippen molar-refractivity contribution < 1.29 is 13.2 Å². The van der Waals surface area contributed by atoms with Crippen molar-refractivity contribution in [2.24, 2.45) is 0 Å². The van der Waals surface area contributed by atoms with Gasteiger partial charge in [-0.15, -0.1) is 6.58 Å². The molecule has 0 aromatic heterocycles. The molecule has 1 rings (SSSR count). The number of benzene rings is 1. The topological polar surface area (TPSA) is 63.2 Å². The fraction of sp³-hybridized carbons (Fsp3) is 0.250. The summed E-state index contributed by atoms with van der Waals surface area (Å²) in [4.78, 5) is 11.8. The third-order valence-electron chi connectivity index (χ3n) is 2.39. The molecule has 0 radical (unpaired) electrons. The Kier molecular flexibility index (Phi) is 4.93. The summed E-state index contributed by atoms with van der Waals surface area (Å²) in [5.41, 5.74) is 0.393. The third-order valence-corrected chi connectivity index (χ3v) is 4.71. The monoisotopic (exact) mass is 287 g/mol. The molecule has 0 aliphatic carbocycles. The van der Waals surface area contributed by atoms with Crippen LogP contribution in [0.25, 0.3) is 0 Å². The van der Waals surface area contributed by atoms with E-state index in [9.17, 15) is 13.2 Å². The summed E-state index contributed by atoms with van der Waals surface area (Å²) < 4.78 is 23.4. The van der Waals surface area contributed by atoms with Gasteiger partial charge in [0, 0.05) is 0 Å². The van der Waals surface area contributed by atoms with Gasteiger partial charge in [0.15, 0.2) is 9.84 Å². The van der Waals surface area contributed by atoms with Crippen LogP contribution in [-0.4, -0.2) is 25.3 Å². The van der Waals surface area contributed by atoms with Crippen LogP contribution >= 0.6 is 11.6 Å². The molecule has 0 saturated carbocycles. The normalized spacial score (nSPS) is 12.8. The lowest BCUT2D eigenvalue weighted by atomic mass is 10.3. The van der Waals surface area contributed by atoms with Gasteiger partial charge >= 0.3 is 0 Å². The molecule has 18 heavy (non-hydrogen) atoms. The summed E-state index contributed by atoms with van der Waals surface area (Å²) in [5, 5.41) is 1.70. The van der Waals surface area contributed by atoms with Crippen molar-refractivity contribution in [1.82, 2.24) is 0 Å². The summed E-state index contributed by atoms with van der Waals surface area (Å²) in [7, 11) is -3.52. The minimum absolute atomic E-state index is 0.232. The second-order valence-corrected chi connectivity index (χ2v) is 6.50. The molecule has 1 unspecified atom stereocenters. The zero-order valence-electron chi connectivity index (χ0n) is 9.89. The Bertz CT molecular complexity index is 554. The van der Waals surface area contributed by atoms with Gasteiger partial charge in [0.2, 0.25) is 5.91 Å². The smallest absolute Gasteiger partial charge is 0.242 e. The average Bonchev–Trinajstić information content (AvgIpc) is 2.31. The van der Waals surface area contributed by atoms with Crippen LogP contribution in [0.3, 0.4) is 0 Å². The van der Waals surface area contributed by atoms with E-state index in [0.29, 0.717) is 10.7 Å². The minimum Gasteiger partial charge on any atom is -0.324 e. The Labute approximate surface area is 112 Å². The molecule has 1 aromatic carbocycles. The Balaban J connectivity index is 2.84. The number of para-hydroxylation sites is 1. The summed E-state index contributed by atoms with van der Waals surface area (Å²) in [6, 6.07) is 6.63. The van der Waals surface area contributed by atoms with Crippen LogP contribution < -0.4 is 5.32 Å². The molecule has 1 N–H and O–H groups in total. The molecule has 0 heterocycles. The first-order chi connectivity index (χ1) is 8.38. The fourth-order valence-electron chi connectivity index (χ4n) is 1.27. The molecule has 0 fully saturated rings. The highest BCUT2D eigenvalue weighted by Crippen LogP contribution is 2.21. The van der Waals surface area contributed by atoms with Gasteiger partial charge in [-0.3, -0.25) is 4.79 Å². The fourth-order valence-corrected chi connectivity index (χ4v) is 2.45. The molecule has 1 aromatic rings. The van der Waals surface area contributed by atoms with Crippen molar-refractivity contribution >= 4 is 33.0 Å². The lowest BCUT2D eigenvalue weighted by Gasteiger charge is -2.12. The minimum atomic E-state index is -3.52. The SMILES string of the molecule is C=CCS(=O)(=O)C(C)C(=O)Nc1ccccc1Cl. The van der Waals surface area contributed by atoms with Crippen LogP contribution in [0.15, 0.2) is 36.9 Å². The Morgan fingerprint density at radius 1 is 1.50 bits per heavy atom. The van der Waals surface area contributed by atoms with E-state index >= 15 is 0 Å². The molecule has 1 amide bonds. The molecule has 0 spiro atoms. The van der Waals surface area contributed by atoms with Gasteiger partial charge in [-0.25, -0.2) is 8.42 Å². The standard InChI is InChI=1S/C12H14ClNO3S/c1-3-8-18(16,17)9(2)12(15)14-11-7-5-4-6-10(11)13/h3-7,9H,1,8H2,2H3,(H,14,15). The maximum Gasteiger partial charge on any atom is 0.242 e. The van der Waals surface area contributed by atoms with Crippen molar-refractivity contribution in [1.29, 1.82) is 0 Å². The second kappa shape index (κ2) is 6.02. The number of hydrogen-bond acceptors (Lipinski definition) is 3. The molecular formula is C12H14ClNO3S. The lowest BCUT2D eigenvalue weighted by Crippen LogP contribution is -2.33. The van der Waals surface area contributed by atoms with E-state index in [-0.39, 0.29) is 5.75 Å². The van der Waals surface area contributed by atoms with Crippen molar-refractivity contribution in [3.05, 3.63) is 41.9 Å². The van der Waals surface area contributed by atoms with Crippen molar-refractivity contribution in [2.45, 2.75) is 12.2 Å². The van der Waals surface area contributed by atoms with E-state index in [4.69, 9.17) is 11.6 Å². The number of hydrogen-bond donors (Lipinski definition) is 1. The number of amides is 1. The quantitative estimate of drug-likeness (QED) is 0.845. The molecule has 98 valence electrons. The number of carbonyl (C=O) groups is 1. The summed E-state index contributed by atoms with van der Waals surface area (Å²) in [5.74, 6) is -0.839. The van der Waals surface area contributed by atoms with E-state index in [2.05, 4.69) is 11.9 Å². The molecular weight excluding hydrogens is 274 g/mol. The molecule has 0 aliphatic rings. The maximum absolute atomic E-state index is 11.8. The maximum atomic E-state index is 11.8. The van der Waals surface area contributed by atoms with Gasteiger partial charge in [0.25, 0.3) is 0 Å². The largest absolute Gasteiger partial charge is 0.324 e. The van der Waals surface area contributed by atoms with Gasteiger partial charge in [0.1, 0.15) is 5.25 Å². The van der Waals surface area contributed by atoms with E-state index in [1.54, 1.807) is 24.3 Å². The first-order valence-electron chi connectivity index (χ1n) is 5.26. The van der Waals surface area contributed by atoms with Gasteiger partial charge in [-0.2, -0.15) is 0 Å². The Morgan fingerprint density at radius 3 is 2.67 bits per heavy atom. The van der Waals surface area contributed by atoms with Gasteiger partial charge in [-0.1, -0.05) is 29.8 Å². The van der Waals surface area contributed by atoms with E-state index < -0.39 is 21.0 Å². The van der Waals surface area contributed by atoms with E-state index in [0.717, 1.165) is 0 Å². The van der Waals surface area contributed by atoms with Crippen LogP contribution in [-0.2, 0) is 14.6 Å². The number of rotatable bonds is 5. The predicted octanol–water partition coefficient (Wildman–Crippen LogP) is 2.27. The van der Waals surface area contributed by atoms with E-state index in [1.165, 1.54) is 13.0 Å². The number of anilines is 1. The number of carbonyl (C=O) groups excluding carboxylic acids is 1. The van der Waals surface area contributed by atoms with Gasteiger partial charge < -0.3 is 5.32 Å². The number of nitrogens with one attached hydrogen (secondary N) is 1. The van der Waals surface area contributed by atoms with Crippen molar-refractivity contribution in [2.75, 3.05) is 11.1 Å². The highest BCUT2D eigenvalue weighted by Gasteiger charge is 2.27. The Hall–Kier alpha value is -1.33. The first kappa shape index (κ1) is 14.7. The molecule has 0 aliphatic heterocycles. The molecule has 0 bridgehead atoms. The molecule has 0 saturated heterocycles. The third kappa shape index (κ3) is 3.58. The highest BCUT2D eigenvalue weighted by molar-refractivity contribution is 7.92. The first-order valence-corrected chi connectivity index (χ1v) is 7.35. The van der Waals surface area contributed by atoms with Crippen molar-refractivity contribution in [3.63, 3.8) is 0 Å². The van der Waals surface area contributed by atoms with Crippen LogP contribution in [0.2, 0.25) is 5.02 Å². The second-order valence-electron chi connectivity index (χ2n) is 3.73. The van der Waals surface area contributed by atoms with Crippen molar-refractivity contribution in [3.8, 4) is 0 Å². The summed E-state index contributed by atoms with van der Waals surface area (Å²) in [6.45, 7) is 4.69. The average molecular weight is 288 g/mol. The van der Waals surface area contributed by atoms with Crippen LogP contribution in [0.5, 0.6) is 0 Å². The summed E-state index contributed by atoms with van der Waals surface area (Å²) in [6.07, 6.45) is 1.26. The lowest BCUT2D eigenvalue weighted by molar-refractivity contribution is -0.115. The van der Waals surface area contributed by atoms with Crippen LogP contribution in [0.4, 0.5) is 5.69 Å². The van der Waals surface area contributed by atoms with E-state index in [1.807, 2.05) is 0 Å². The zero-order chi connectivity index (χ0) is 13.8. The summed E-state index contributed by atoms with van der Waals surface area (Å²) >= 11 is 5.87. The number of sulfone groups is 1. The predicted molar refractivity (Wildman–Crippen MR) is 73.5 cm³/mol. The van der Waals surface area contributed by atoms with Crippen LogP contribution in [0, 0.1) is 0 Å². The highest BCUT2D eigenvalue weighted by atomic mass is 35.5. The van der Waals surface area contributed by atoms with Crippen LogP contribution in [0.1, 0.15) is 6.92 Å². The zero-order valence-corrected chi connectivity index (χ0v) is 11.5. The Morgan fingerprint density at radius 2 is 2.11 bits per heavy atom. The van der Waals surface area contributed by atoms with Gasteiger partial charge in [0.05, 0.1) is 16.5 Å².